The van der Waals surface area contributed by atoms with Crippen molar-refractivity contribution in [2.24, 2.45) is 5.92 Å². The highest BCUT2D eigenvalue weighted by molar-refractivity contribution is 5.82. The summed E-state index contributed by atoms with van der Waals surface area (Å²) in [6, 6.07) is 13.1. The molecule has 2 aromatic rings. The number of halogens is 2. The van der Waals surface area contributed by atoms with Crippen molar-refractivity contribution < 1.29 is 32.6 Å². The van der Waals surface area contributed by atoms with Crippen molar-refractivity contribution in [2.45, 2.75) is 31.0 Å². The summed E-state index contributed by atoms with van der Waals surface area (Å²) >= 11 is 0. The average molecular weight is 503 g/mol. The van der Waals surface area contributed by atoms with Crippen LogP contribution in [0, 0.1) is 17.6 Å². The summed E-state index contributed by atoms with van der Waals surface area (Å²) in [5, 5.41) is 0. The first-order chi connectivity index (χ1) is 17.3. The van der Waals surface area contributed by atoms with E-state index in [0.717, 1.165) is 11.6 Å². The van der Waals surface area contributed by atoms with Crippen LogP contribution < -0.4 is 0 Å². The molecule has 2 aliphatic rings. The average Bonchev–Trinajstić information content (AvgIpc) is 3.33. The minimum Gasteiger partial charge on any atom is -0.450 e. The van der Waals surface area contributed by atoms with Gasteiger partial charge in [0.1, 0.15) is 23.3 Å². The Balaban J connectivity index is 1.60. The van der Waals surface area contributed by atoms with Crippen molar-refractivity contribution in [1.29, 1.82) is 0 Å². The largest absolute Gasteiger partial charge is 0.450 e. The minimum atomic E-state index is -0.737. The topological polar surface area (TPSA) is 68.3 Å². The van der Waals surface area contributed by atoms with Gasteiger partial charge in [-0.25, -0.2) is 13.6 Å². The molecule has 7 nitrogen and oxygen atoms in total. The van der Waals surface area contributed by atoms with E-state index in [-0.39, 0.29) is 37.7 Å². The fourth-order valence-electron chi connectivity index (χ4n) is 5.54. The second-order valence-electron chi connectivity index (χ2n) is 9.20. The van der Waals surface area contributed by atoms with Gasteiger partial charge in [-0.3, -0.25) is 4.79 Å². The van der Waals surface area contributed by atoms with E-state index >= 15 is 0 Å². The summed E-state index contributed by atoms with van der Waals surface area (Å²) < 4.78 is 45.3. The second kappa shape index (κ2) is 10.9. The molecule has 36 heavy (non-hydrogen) atoms. The van der Waals surface area contributed by atoms with Crippen LogP contribution in [0.2, 0.25) is 0 Å². The van der Waals surface area contributed by atoms with E-state index in [0.29, 0.717) is 13.0 Å². The smallest absolute Gasteiger partial charge is 0.409 e. The van der Waals surface area contributed by atoms with Crippen molar-refractivity contribution in [3.05, 3.63) is 71.3 Å². The molecule has 0 radical (unpaired) electrons. The summed E-state index contributed by atoms with van der Waals surface area (Å²) in [4.78, 5) is 29.4. The fraction of sp³-hybridized carbons (Fsp3) is 0.481. The Hall–Kier alpha value is -3.04. The third-order valence-corrected chi connectivity index (χ3v) is 7.41. The quantitative estimate of drug-likeness (QED) is 0.599. The number of rotatable bonds is 6. The molecule has 2 aliphatic heterocycles. The molecule has 194 valence electrons. The Morgan fingerprint density at radius 3 is 2.42 bits per heavy atom. The molecule has 2 amide bonds. The molecule has 2 heterocycles. The number of benzene rings is 2. The summed E-state index contributed by atoms with van der Waals surface area (Å²) in [7, 11) is 3.22. The van der Waals surface area contributed by atoms with E-state index in [2.05, 4.69) is 0 Å². The molecule has 4 rings (SSSR count). The normalized spacial score (nSPS) is 26.2. The molecule has 0 unspecified atom stereocenters. The fourth-order valence-corrected chi connectivity index (χ4v) is 5.54. The van der Waals surface area contributed by atoms with Crippen molar-refractivity contribution in [2.75, 3.05) is 47.0 Å². The maximum Gasteiger partial charge on any atom is 0.409 e. The lowest BCUT2D eigenvalue weighted by Gasteiger charge is -2.47. The van der Waals surface area contributed by atoms with Crippen molar-refractivity contribution >= 4 is 12.0 Å². The van der Waals surface area contributed by atoms with Crippen LogP contribution in [-0.4, -0.2) is 74.9 Å². The molecule has 2 aromatic carbocycles. The molecular formula is C27H32F2N2O5. The molecule has 0 aromatic heterocycles. The van der Waals surface area contributed by atoms with Crippen LogP contribution in [0.1, 0.15) is 30.4 Å². The molecule has 0 aliphatic carbocycles. The van der Waals surface area contributed by atoms with Crippen LogP contribution in [0.4, 0.5) is 13.6 Å². The number of hydrogen-bond donors (Lipinski definition) is 0. The number of carbonyl (C=O) groups excluding carboxylic acids is 2. The first-order valence-electron chi connectivity index (χ1n) is 12.1. The Morgan fingerprint density at radius 2 is 1.78 bits per heavy atom. The van der Waals surface area contributed by atoms with Gasteiger partial charge in [0.15, 0.2) is 0 Å². The summed E-state index contributed by atoms with van der Waals surface area (Å²) in [6.45, 7) is 2.74. The summed E-state index contributed by atoms with van der Waals surface area (Å²) in [5.41, 5.74) is 0.450. The molecule has 0 bridgehead atoms. The number of methoxy groups -OCH3 is 2. The maximum atomic E-state index is 14.8. The van der Waals surface area contributed by atoms with Crippen LogP contribution in [0.15, 0.2) is 48.5 Å². The van der Waals surface area contributed by atoms with Gasteiger partial charge in [-0.1, -0.05) is 36.4 Å². The number of amides is 2. The highest BCUT2D eigenvalue weighted by Crippen LogP contribution is 2.41. The molecule has 2 saturated heterocycles. The third-order valence-electron chi connectivity index (χ3n) is 7.41. The van der Waals surface area contributed by atoms with Crippen molar-refractivity contribution in [1.82, 2.24) is 9.80 Å². The molecule has 0 saturated carbocycles. The first kappa shape index (κ1) is 26.0. The standard InChI is InChI=1S/C27H32F2N2O5/c1-4-36-26(33)31-15-21(20-11-10-19(28)14-23(20)29)22(16-31)25(32)30-13-12-27(35-3,24(17-30)34-2)18-8-6-5-7-9-18/h5-11,14,21-22,24H,4,12-13,15-17H2,1-3H3/t21-,22+,24-,27-/m0/s1. The van der Waals surface area contributed by atoms with Crippen LogP contribution in [0.3, 0.4) is 0 Å². The van der Waals surface area contributed by atoms with E-state index < -0.39 is 41.3 Å². The summed E-state index contributed by atoms with van der Waals surface area (Å²) in [5.74, 6) is -2.99. The molecule has 0 spiro atoms. The van der Waals surface area contributed by atoms with E-state index in [9.17, 15) is 18.4 Å². The van der Waals surface area contributed by atoms with Gasteiger partial charge < -0.3 is 24.0 Å². The maximum absolute atomic E-state index is 14.8. The van der Waals surface area contributed by atoms with E-state index in [1.165, 1.54) is 17.0 Å². The predicted octanol–water partition coefficient (Wildman–Crippen LogP) is 3.93. The van der Waals surface area contributed by atoms with Crippen molar-refractivity contribution in [3.8, 4) is 0 Å². The Bertz CT molecular complexity index is 1090. The van der Waals surface area contributed by atoms with Crippen LogP contribution in [0.25, 0.3) is 0 Å². The SMILES string of the molecule is CCOC(=O)N1C[C@@H](C(=O)N2CC[C@](OC)(c3ccccc3)[C@@H](OC)C2)[C@H](c2ccc(F)cc2F)C1. The monoisotopic (exact) mass is 502 g/mol. The first-order valence-corrected chi connectivity index (χ1v) is 12.1. The highest BCUT2D eigenvalue weighted by atomic mass is 19.1. The molecule has 2 fully saturated rings. The molecule has 4 atom stereocenters. The Kier molecular flexibility index (Phi) is 7.90. The number of hydrogen-bond acceptors (Lipinski definition) is 5. The minimum absolute atomic E-state index is 0.0847. The highest BCUT2D eigenvalue weighted by Gasteiger charge is 2.49. The molecule has 9 heteroatoms. The lowest BCUT2D eigenvalue weighted by molar-refractivity contribution is -0.170. The van der Waals surface area contributed by atoms with Gasteiger partial charge in [0.2, 0.25) is 5.91 Å². The van der Waals surface area contributed by atoms with Gasteiger partial charge in [0.25, 0.3) is 0 Å². The van der Waals surface area contributed by atoms with E-state index in [1.54, 1.807) is 26.0 Å². The Labute approximate surface area is 209 Å². The van der Waals surface area contributed by atoms with Gasteiger partial charge in [0.05, 0.1) is 19.1 Å². The predicted molar refractivity (Wildman–Crippen MR) is 128 cm³/mol. The number of likely N-dealkylation sites (tertiary alicyclic amines) is 2. The Morgan fingerprint density at radius 1 is 1.03 bits per heavy atom. The zero-order valence-electron chi connectivity index (χ0n) is 20.8. The summed E-state index contributed by atoms with van der Waals surface area (Å²) in [6.07, 6.45) is -0.496. The van der Waals surface area contributed by atoms with Crippen LogP contribution >= 0.6 is 0 Å². The van der Waals surface area contributed by atoms with Gasteiger partial charge in [-0.15, -0.1) is 0 Å². The number of nitrogens with zero attached hydrogens (tertiary/aromatic N) is 2. The van der Waals surface area contributed by atoms with E-state index in [4.69, 9.17) is 14.2 Å². The van der Waals surface area contributed by atoms with Crippen LogP contribution in [-0.2, 0) is 24.6 Å². The van der Waals surface area contributed by atoms with Gasteiger partial charge in [-0.2, -0.15) is 0 Å². The lowest BCUT2D eigenvalue weighted by atomic mass is 9.80. The number of carbonyl (C=O) groups is 2. The zero-order chi connectivity index (χ0) is 25.9. The lowest BCUT2D eigenvalue weighted by Crippen LogP contribution is -2.57. The van der Waals surface area contributed by atoms with Gasteiger partial charge in [-0.05, 0) is 24.1 Å². The van der Waals surface area contributed by atoms with Gasteiger partial charge >= 0.3 is 6.09 Å². The van der Waals surface area contributed by atoms with Gasteiger partial charge in [0, 0.05) is 52.3 Å². The molecular weight excluding hydrogens is 470 g/mol. The number of ether oxygens (including phenoxy) is 3. The second-order valence-corrected chi connectivity index (χ2v) is 9.20. The molecule has 0 N–H and O–H groups in total. The van der Waals surface area contributed by atoms with Crippen molar-refractivity contribution in [3.63, 3.8) is 0 Å². The van der Waals surface area contributed by atoms with Crippen LogP contribution in [0.5, 0.6) is 0 Å². The zero-order valence-corrected chi connectivity index (χ0v) is 20.8. The van der Waals surface area contributed by atoms with E-state index in [1.807, 2.05) is 30.3 Å². The number of piperidine rings is 1. The third kappa shape index (κ3) is 4.82.